The van der Waals surface area contributed by atoms with Crippen LogP contribution in [0, 0.1) is 0 Å². The Balaban J connectivity index is 1.36. The molecule has 31 heavy (non-hydrogen) atoms. The highest BCUT2D eigenvalue weighted by Crippen LogP contribution is 2.27. The smallest absolute Gasteiger partial charge is 0.275 e. The lowest BCUT2D eigenvalue weighted by atomic mass is 9.99. The molecule has 0 unspecified atom stereocenters. The van der Waals surface area contributed by atoms with Crippen LogP contribution < -0.4 is 4.74 Å². The summed E-state index contributed by atoms with van der Waals surface area (Å²) in [6.07, 6.45) is 1.80. The summed E-state index contributed by atoms with van der Waals surface area (Å²) in [6, 6.07) is 16.6. The normalized spacial score (nSPS) is 16.0. The van der Waals surface area contributed by atoms with Crippen molar-refractivity contribution in [2.45, 2.75) is 32.5 Å². The maximum Gasteiger partial charge on any atom is 0.275 e. The van der Waals surface area contributed by atoms with Crippen molar-refractivity contribution < 1.29 is 9.53 Å². The zero-order chi connectivity index (χ0) is 21.4. The first-order chi connectivity index (χ1) is 15.1. The molecule has 0 saturated heterocycles. The van der Waals surface area contributed by atoms with E-state index in [-0.39, 0.29) is 5.91 Å². The van der Waals surface area contributed by atoms with E-state index in [1.807, 2.05) is 34.8 Å². The molecule has 6 nitrogen and oxygen atoms in total. The van der Waals surface area contributed by atoms with E-state index < -0.39 is 0 Å². The van der Waals surface area contributed by atoms with Gasteiger partial charge in [0.15, 0.2) is 5.69 Å². The molecule has 0 N–H and O–H groups in total. The van der Waals surface area contributed by atoms with Crippen LogP contribution in [0.2, 0.25) is 0 Å². The number of methoxy groups -OCH3 is 1. The zero-order valence-corrected chi connectivity index (χ0v) is 18.2. The summed E-state index contributed by atoms with van der Waals surface area (Å²) >= 11 is 0. The fourth-order valence-electron chi connectivity index (χ4n) is 4.80. The van der Waals surface area contributed by atoms with Gasteiger partial charge < -0.3 is 9.64 Å². The Kier molecular flexibility index (Phi) is 5.24. The molecule has 0 aliphatic carbocycles. The molecule has 2 aliphatic heterocycles. The molecule has 1 aromatic heterocycles. The van der Waals surface area contributed by atoms with Crippen LogP contribution in [0.15, 0.2) is 48.5 Å². The number of aryl methyl sites for hydroxylation is 1. The molecule has 5 rings (SSSR count). The van der Waals surface area contributed by atoms with Crippen LogP contribution in [0.25, 0.3) is 0 Å². The van der Waals surface area contributed by atoms with E-state index in [0.29, 0.717) is 12.2 Å². The second-order valence-corrected chi connectivity index (χ2v) is 8.46. The highest BCUT2D eigenvalue weighted by Gasteiger charge is 2.31. The maximum absolute atomic E-state index is 13.5. The van der Waals surface area contributed by atoms with Gasteiger partial charge in [0.25, 0.3) is 5.91 Å². The molecule has 3 heterocycles. The van der Waals surface area contributed by atoms with Crippen molar-refractivity contribution in [3.8, 4) is 5.75 Å². The third-order valence-electron chi connectivity index (χ3n) is 6.48. The highest BCUT2D eigenvalue weighted by molar-refractivity contribution is 5.94. The number of carbonyl (C=O) groups is 1. The van der Waals surface area contributed by atoms with Crippen LogP contribution >= 0.6 is 0 Å². The molecule has 6 heteroatoms. The number of hydrogen-bond acceptors (Lipinski definition) is 4. The minimum absolute atomic E-state index is 0.0505. The third-order valence-corrected chi connectivity index (χ3v) is 6.48. The van der Waals surface area contributed by atoms with Crippen molar-refractivity contribution in [3.05, 3.63) is 82.2 Å². The molecule has 0 bridgehead atoms. The van der Waals surface area contributed by atoms with Crippen LogP contribution in [0.3, 0.4) is 0 Å². The van der Waals surface area contributed by atoms with E-state index in [4.69, 9.17) is 4.74 Å². The summed E-state index contributed by atoms with van der Waals surface area (Å²) < 4.78 is 7.27. The molecule has 0 fully saturated rings. The van der Waals surface area contributed by atoms with Gasteiger partial charge in [0.2, 0.25) is 0 Å². The van der Waals surface area contributed by atoms with Gasteiger partial charge in [-0.3, -0.25) is 14.4 Å². The summed E-state index contributed by atoms with van der Waals surface area (Å²) in [5, 5.41) is 4.67. The average Bonchev–Trinajstić information content (AvgIpc) is 3.14. The molecule has 0 radical (unpaired) electrons. The lowest BCUT2D eigenvalue weighted by Gasteiger charge is -2.30. The number of rotatable bonds is 4. The second-order valence-electron chi connectivity index (χ2n) is 8.46. The molecule has 0 atom stereocenters. The SMILES string of the molecule is COc1cccc(CN2CCc3c(c(C(=O)N4CCc5ccccc5C4)nn3C)C2)c1. The Morgan fingerprint density at radius 2 is 1.87 bits per heavy atom. The van der Waals surface area contributed by atoms with Crippen molar-refractivity contribution in [2.75, 3.05) is 20.2 Å². The predicted octanol–water partition coefficient (Wildman–Crippen LogP) is 3.19. The monoisotopic (exact) mass is 416 g/mol. The number of carbonyl (C=O) groups excluding carboxylic acids is 1. The van der Waals surface area contributed by atoms with Gasteiger partial charge in [0, 0.05) is 57.4 Å². The average molecular weight is 417 g/mol. The van der Waals surface area contributed by atoms with Crippen LogP contribution in [0.1, 0.15) is 38.4 Å². The number of aromatic nitrogens is 2. The number of fused-ring (bicyclic) bond motifs is 2. The summed E-state index contributed by atoms with van der Waals surface area (Å²) in [5.41, 5.74) is 6.69. The van der Waals surface area contributed by atoms with Crippen molar-refractivity contribution in [2.24, 2.45) is 7.05 Å². The van der Waals surface area contributed by atoms with E-state index in [1.165, 1.54) is 22.4 Å². The van der Waals surface area contributed by atoms with Gasteiger partial charge in [-0.2, -0.15) is 5.10 Å². The Hall–Kier alpha value is -3.12. The Morgan fingerprint density at radius 3 is 2.71 bits per heavy atom. The quantitative estimate of drug-likeness (QED) is 0.656. The molecule has 0 saturated carbocycles. The molecule has 2 aliphatic rings. The van der Waals surface area contributed by atoms with Crippen molar-refractivity contribution in [3.63, 3.8) is 0 Å². The van der Waals surface area contributed by atoms with Crippen LogP contribution in [0.4, 0.5) is 0 Å². The van der Waals surface area contributed by atoms with Crippen LogP contribution in [-0.2, 0) is 39.5 Å². The summed E-state index contributed by atoms with van der Waals surface area (Å²) in [5.74, 6) is 0.924. The van der Waals surface area contributed by atoms with Crippen molar-refractivity contribution in [1.29, 1.82) is 0 Å². The molecular weight excluding hydrogens is 388 g/mol. The number of ether oxygens (including phenoxy) is 1. The molecule has 160 valence electrons. The number of nitrogens with zero attached hydrogens (tertiary/aromatic N) is 4. The molecule has 0 spiro atoms. The fraction of sp³-hybridized carbons (Fsp3) is 0.360. The Labute approximate surface area is 183 Å². The van der Waals surface area contributed by atoms with Gasteiger partial charge >= 0.3 is 0 Å². The minimum atomic E-state index is 0.0505. The van der Waals surface area contributed by atoms with Gasteiger partial charge in [-0.15, -0.1) is 0 Å². The van der Waals surface area contributed by atoms with Gasteiger partial charge in [-0.1, -0.05) is 36.4 Å². The van der Waals surface area contributed by atoms with E-state index in [2.05, 4.69) is 40.3 Å². The summed E-state index contributed by atoms with van der Waals surface area (Å²) in [6.45, 7) is 3.93. The van der Waals surface area contributed by atoms with E-state index in [0.717, 1.165) is 50.3 Å². The van der Waals surface area contributed by atoms with Crippen LogP contribution in [-0.4, -0.2) is 45.7 Å². The Bertz CT molecular complexity index is 1120. The molecule has 2 aromatic carbocycles. The first-order valence-electron chi connectivity index (χ1n) is 10.9. The summed E-state index contributed by atoms with van der Waals surface area (Å²) in [7, 11) is 3.65. The van der Waals surface area contributed by atoms with Gasteiger partial charge in [0.05, 0.1) is 7.11 Å². The highest BCUT2D eigenvalue weighted by atomic mass is 16.5. The Morgan fingerprint density at radius 1 is 1.03 bits per heavy atom. The maximum atomic E-state index is 13.5. The predicted molar refractivity (Wildman–Crippen MR) is 119 cm³/mol. The van der Waals surface area contributed by atoms with E-state index in [9.17, 15) is 4.79 Å². The largest absolute Gasteiger partial charge is 0.497 e. The standard InChI is InChI=1S/C25H28N4O2/c1-27-23-11-12-28(15-18-6-5-9-21(14-18)31-2)17-22(23)24(26-27)25(30)29-13-10-19-7-3-4-8-20(19)16-29/h3-9,14H,10-13,15-17H2,1-2H3. The van der Waals surface area contributed by atoms with Gasteiger partial charge in [-0.05, 0) is 35.2 Å². The van der Waals surface area contributed by atoms with Gasteiger partial charge in [0.1, 0.15) is 5.75 Å². The molecule has 1 amide bonds. The number of benzene rings is 2. The molecule has 3 aromatic rings. The first kappa shape index (κ1) is 19.8. The van der Waals surface area contributed by atoms with Gasteiger partial charge in [-0.25, -0.2) is 0 Å². The lowest BCUT2D eigenvalue weighted by molar-refractivity contribution is 0.0725. The zero-order valence-electron chi connectivity index (χ0n) is 18.2. The number of amides is 1. The fourth-order valence-corrected chi connectivity index (χ4v) is 4.80. The second kappa shape index (κ2) is 8.19. The minimum Gasteiger partial charge on any atom is -0.497 e. The van der Waals surface area contributed by atoms with E-state index in [1.54, 1.807) is 7.11 Å². The molecular formula is C25H28N4O2. The van der Waals surface area contributed by atoms with Crippen molar-refractivity contribution in [1.82, 2.24) is 19.6 Å². The summed E-state index contributed by atoms with van der Waals surface area (Å²) in [4.78, 5) is 17.8. The first-order valence-corrected chi connectivity index (χ1v) is 10.9. The lowest BCUT2D eigenvalue weighted by Crippen LogP contribution is -2.37. The third kappa shape index (κ3) is 3.83. The van der Waals surface area contributed by atoms with Crippen molar-refractivity contribution >= 4 is 5.91 Å². The van der Waals surface area contributed by atoms with Crippen LogP contribution in [0.5, 0.6) is 5.75 Å². The topological polar surface area (TPSA) is 50.6 Å². The number of hydrogen-bond donors (Lipinski definition) is 0. The van der Waals surface area contributed by atoms with E-state index >= 15 is 0 Å².